The molecule has 0 saturated heterocycles. The number of amides is 1. The first-order chi connectivity index (χ1) is 11.5. The zero-order valence-corrected chi connectivity index (χ0v) is 12.7. The second-order valence-electron chi connectivity index (χ2n) is 5.50. The average molecular weight is 325 g/mol. The van der Waals surface area contributed by atoms with Crippen LogP contribution in [-0.4, -0.2) is 34.4 Å². The summed E-state index contributed by atoms with van der Waals surface area (Å²) in [5.41, 5.74) is 1.66. The number of hydrogen-bond acceptors (Lipinski definition) is 4. The van der Waals surface area contributed by atoms with Crippen LogP contribution in [0.1, 0.15) is 34.3 Å². The van der Waals surface area contributed by atoms with Gasteiger partial charge in [-0.2, -0.15) is 0 Å². The average Bonchev–Trinajstić information content (AvgIpc) is 2.85. The van der Waals surface area contributed by atoms with Gasteiger partial charge >= 0.3 is 5.97 Å². The molecule has 0 aliphatic heterocycles. The van der Waals surface area contributed by atoms with Gasteiger partial charge in [0.05, 0.1) is 0 Å². The van der Waals surface area contributed by atoms with Gasteiger partial charge in [-0.15, -0.1) is 0 Å². The number of carboxylic acid groups (broad SMARTS) is 1. The fourth-order valence-electron chi connectivity index (χ4n) is 2.87. The van der Waals surface area contributed by atoms with Crippen LogP contribution in [0.2, 0.25) is 0 Å². The maximum absolute atomic E-state index is 12.7. The summed E-state index contributed by atoms with van der Waals surface area (Å²) in [4.78, 5) is 35.3. The van der Waals surface area contributed by atoms with Gasteiger partial charge in [-0.3, -0.25) is 14.4 Å². The molecule has 1 aromatic carbocycles. The van der Waals surface area contributed by atoms with Crippen LogP contribution >= 0.6 is 0 Å². The van der Waals surface area contributed by atoms with Gasteiger partial charge in [0.25, 0.3) is 5.91 Å². The minimum absolute atomic E-state index is 0.272. The highest BCUT2D eigenvalue weighted by Crippen LogP contribution is 2.37. The zero-order chi connectivity index (χ0) is 17.3. The fraction of sp³-hybridized carbons (Fsp3) is 0.167. The number of ketones is 1. The van der Waals surface area contributed by atoms with Crippen LogP contribution in [0.3, 0.4) is 0 Å². The predicted octanol–water partition coefficient (Wildman–Crippen LogP) is 2.09. The summed E-state index contributed by atoms with van der Waals surface area (Å²) in [5.74, 6) is -3.14. The Balaban J connectivity index is 2.00. The third kappa shape index (κ3) is 2.62. The van der Waals surface area contributed by atoms with Crippen LogP contribution in [0.5, 0.6) is 0 Å². The van der Waals surface area contributed by atoms with Crippen LogP contribution in [0.25, 0.3) is 11.3 Å². The van der Waals surface area contributed by atoms with Gasteiger partial charge < -0.3 is 15.5 Å². The van der Waals surface area contributed by atoms with E-state index in [2.05, 4.69) is 5.32 Å². The Morgan fingerprint density at radius 2 is 1.92 bits per heavy atom. The van der Waals surface area contributed by atoms with Crippen molar-refractivity contribution in [3.8, 4) is 0 Å². The van der Waals surface area contributed by atoms with Crippen molar-refractivity contribution in [1.82, 2.24) is 5.32 Å². The van der Waals surface area contributed by atoms with Crippen LogP contribution in [0.4, 0.5) is 0 Å². The van der Waals surface area contributed by atoms with E-state index in [9.17, 15) is 19.5 Å². The van der Waals surface area contributed by atoms with E-state index in [0.29, 0.717) is 5.56 Å². The van der Waals surface area contributed by atoms with E-state index in [-0.39, 0.29) is 11.1 Å². The molecule has 0 saturated carbocycles. The first-order valence-corrected chi connectivity index (χ1v) is 7.49. The molecule has 3 N–H and O–H groups in total. The summed E-state index contributed by atoms with van der Waals surface area (Å²) < 4.78 is 0. The summed E-state index contributed by atoms with van der Waals surface area (Å²) in [6.45, 7) is -0.625. The summed E-state index contributed by atoms with van der Waals surface area (Å²) in [5, 5.41) is 21.0. The summed E-state index contributed by atoms with van der Waals surface area (Å²) in [6, 6.07) is 5.04. The largest absolute Gasteiger partial charge is 0.506 e. The lowest BCUT2D eigenvalue weighted by atomic mass is 9.92. The SMILES string of the molecule is O=C(O)CNC(=O)C1=C(O)c2cccc(C3=CCCC=C3)c2C1=O. The number of allylic oxidation sites excluding steroid dienone is 4. The Hall–Kier alpha value is -3.15. The molecular formula is C18H15NO5. The number of carbonyl (C=O) groups is 3. The lowest BCUT2D eigenvalue weighted by Gasteiger charge is -2.11. The van der Waals surface area contributed by atoms with Gasteiger partial charge in [0.1, 0.15) is 17.9 Å². The van der Waals surface area contributed by atoms with Gasteiger partial charge in [-0.05, 0) is 24.0 Å². The monoisotopic (exact) mass is 325 g/mol. The highest BCUT2D eigenvalue weighted by molar-refractivity contribution is 6.35. The van der Waals surface area contributed by atoms with E-state index in [1.54, 1.807) is 18.2 Å². The van der Waals surface area contributed by atoms with E-state index < -0.39 is 35.5 Å². The van der Waals surface area contributed by atoms with Gasteiger partial charge in [0.15, 0.2) is 0 Å². The van der Waals surface area contributed by atoms with Crippen LogP contribution in [0.15, 0.2) is 42.0 Å². The normalized spacial score (nSPS) is 16.0. The van der Waals surface area contributed by atoms with Crippen molar-refractivity contribution in [2.45, 2.75) is 12.8 Å². The lowest BCUT2D eigenvalue weighted by Crippen LogP contribution is -2.32. The van der Waals surface area contributed by atoms with Crippen molar-refractivity contribution in [3.63, 3.8) is 0 Å². The number of rotatable bonds is 4. The summed E-state index contributed by atoms with van der Waals surface area (Å²) in [6.07, 6.45) is 7.70. The highest BCUT2D eigenvalue weighted by atomic mass is 16.4. The van der Waals surface area contributed by atoms with Gasteiger partial charge in [-0.25, -0.2) is 0 Å². The number of aliphatic hydroxyl groups excluding tert-OH is 1. The second kappa shape index (κ2) is 6.16. The number of fused-ring (bicyclic) bond motifs is 1. The molecule has 0 spiro atoms. The van der Waals surface area contributed by atoms with Crippen molar-refractivity contribution in [2.75, 3.05) is 6.54 Å². The molecule has 0 bridgehead atoms. The smallest absolute Gasteiger partial charge is 0.322 e. The van der Waals surface area contributed by atoms with Gasteiger partial charge in [0, 0.05) is 11.1 Å². The molecule has 1 amide bonds. The molecule has 0 unspecified atom stereocenters. The zero-order valence-electron chi connectivity index (χ0n) is 12.7. The number of nitrogens with one attached hydrogen (secondary N) is 1. The molecule has 0 heterocycles. The minimum atomic E-state index is -1.23. The van der Waals surface area contributed by atoms with Crippen molar-refractivity contribution >= 4 is 29.0 Å². The number of carboxylic acids is 1. The van der Waals surface area contributed by atoms with Crippen molar-refractivity contribution in [1.29, 1.82) is 0 Å². The molecule has 122 valence electrons. The Morgan fingerprint density at radius 3 is 2.58 bits per heavy atom. The predicted molar refractivity (Wildman–Crippen MR) is 87.3 cm³/mol. The quantitative estimate of drug-likeness (QED) is 0.735. The van der Waals surface area contributed by atoms with E-state index in [4.69, 9.17) is 5.11 Å². The fourth-order valence-corrected chi connectivity index (χ4v) is 2.87. The molecule has 0 fully saturated rings. The third-order valence-corrected chi connectivity index (χ3v) is 3.94. The molecule has 2 aliphatic rings. The molecule has 2 aliphatic carbocycles. The second-order valence-corrected chi connectivity index (χ2v) is 5.50. The Morgan fingerprint density at radius 1 is 1.17 bits per heavy atom. The molecule has 0 atom stereocenters. The van der Waals surface area contributed by atoms with Crippen molar-refractivity contribution in [2.24, 2.45) is 0 Å². The van der Waals surface area contributed by atoms with Crippen LogP contribution < -0.4 is 5.32 Å². The molecule has 6 heteroatoms. The molecule has 1 aromatic rings. The Bertz CT molecular complexity index is 845. The van der Waals surface area contributed by atoms with E-state index in [0.717, 1.165) is 18.4 Å². The van der Waals surface area contributed by atoms with E-state index in [1.165, 1.54) is 0 Å². The molecule has 6 nitrogen and oxygen atoms in total. The van der Waals surface area contributed by atoms with Crippen LogP contribution in [0, 0.1) is 0 Å². The van der Waals surface area contributed by atoms with E-state index >= 15 is 0 Å². The number of Topliss-reactive ketones (excluding diaryl/α,β-unsaturated/α-hetero) is 1. The number of hydrogen-bond donors (Lipinski definition) is 3. The molecule has 0 radical (unpaired) electrons. The van der Waals surface area contributed by atoms with Gasteiger partial charge in [0.2, 0.25) is 5.78 Å². The van der Waals surface area contributed by atoms with Crippen LogP contribution in [-0.2, 0) is 9.59 Å². The first kappa shape index (κ1) is 15.7. The lowest BCUT2D eigenvalue weighted by molar-refractivity contribution is -0.137. The maximum atomic E-state index is 12.7. The third-order valence-electron chi connectivity index (χ3n) is 3.94. The molecule has 24 heavy (non-hydrogen) atoms. The molecule has 0 aromatic heterocycles. The Labute approximate surface area is 137 Å². The number of aliphatic hydroxyl groups is 1. The first-order valence-electron chi connectivity index (χ1n) is 7.49. The highest BCUT2D eigenvalue weighted by Gasteiger charge is 2.36. The molecule has 3 rings (SSSR count). The van der Waals surface area contributed by atoms with E-state index in [1.807, 2.05) is 18.2 Å². The summed E-state index contributed by atoms with van der Waals surface area (Å²) >= 11 is 0. The topological polar surface area (TPSA) is 104 Å². The number of carbonyl (C=O) groups excluding carboxylic acids is 2. The van der Waals surface area contributed by atoms with Gasteiger partial charge in [-0.1, -0.05) is 36.4 Å². The number of benzene rings is 1. The summed E-state index contributed by atoms with van der Waals surface area (Å²) in [7, 11) is 0. The Kier molecular flexibility index (Phi) is 4.04. The number of aliphatic carboxylic acids is 1. The van der Waals surface area contributed by atoms with Crippen molar-refractivity contribution in [3.05, 3.63) is 58.7 Å². The standard InChI is InChI=1S/C18H15NO5/c20-13(21)9-19-18(24)15-16(22)12-8-4-7-11(14(12)17(15)23)10-5-2-1-3-6-10/h2,4-8,22H,1,3,9H2,(H,19,24)(H,20,21). The molecular weight excluding hydrogens is 310 g/mol. The van der Waals surface area contributed by atoms with Crippen molar-refractivity contribution < 1.29 is 24.6 Å². The maximum Gasteiger partial charge on any atom is 0.322 e. The minimum Gasteiger partial charge on any atom is -0.506 e.